The number of carbonyl (C=O) groups excluding carboxylic acids is 2. The molecule has 4 nitrogen and oxygen atoms in total. The monoisotopic (exact) mass is 369 g/mol. The van der Waals surface area contributed by atoms with Gasteiger partial charge in [0, 0.05) is 0 Å². The molecule has 1 amide bonds. The Morgan fingerprint density at radius 3 is 1.35 bits per heavy atom. The largest absolute Gasteiger partial charge is 0.544 e. The zero-order valence-electron chi connectivity index (χ0n) is 17.7. The van der Waals surface area contributed by atoms with Crippen LogP contribution in [0.2, 0.25) is 0 Å². The summed E-state index contributed by atoms with van der Waals surface area (Å²) in [5.74, 6) is -1.18. The van der Waals surface area contributed by atoms with Gasteiger partial charge >= 0.3 is 5.91 Å². The van der Waals surface area contributed by atoms with E-state index in [4.69, 9.17) is 0 Å². The predicted molar refractivity (Wildman–Crippen MR) is 107 cm³/mol. The van der Waals surface area contributed by atoms with Crippen molar-refractivity contribution < 1.29 is 19.2 Å². The van der Waals surface area contributed by atoms with Crippen LogP contribution in [0.3, 0.4) is 0 Å². The second-order valence-electron chi connectivity index (χ2n) is 8.31. The van der Waals surface area contributed by atoms with E-state index in [1.807, 2.05) is 0 Å². The van der Waals surface area contributed by atoms with E-state index in [1.54, 1.807) is 14.1 Å². The van der Waals surface area contributed by atoms with E-state index in [0.29, 0.717) is 6.42 Å². The molecule has 0 aliphatic carbocycles. The highest BCUT2D eigenvalue weighted by atomic mass is 16.4. The van der Waals surface area contributed by atoms with Crippen molar-refractivity contribution in [2.75, 3.05) is 20.6 Å². The first-order chi connectivity index (χ1) is 12.4. The van der Waals surface area contributed by atoms with Gasteiger partial charge in [-0.1, -0.05) is 96.8 Å². The Balaban J connectivity index is 3.34. The minimum Gasteiger partial charge on any atom is -0.544 e. The number of unbranched alkanes of at least 4 members (excludes halogenated alkanes) is 14. The van der Waals surface area contributed by atoms with Crippen molar-refractivity contribution in [1.29, 1.82) is 0 Å². The maximum Gasteiger partial charge on any atom is 0.313 e. The van der Waals surface area contributed by atoms with Gasteiger partial charge in [0.1, 0.15) is 6.54 Å². The van der Waals surface area contributed by atoms with Crippen molar-refractivity contribution in [1.82, 2.24) is 0 Å². The Bertz CT molecular complexity index is 366. The van der Waals surface area contributed by atoms with Crippen LogP contribution in [0.4, 0.5) is 0 Å². The van der Waals surface area contributed by atoms with Gasteiger partial charge in [-0.15, -0.1) is 0 Å². The van der Waals surface area contributed by atoms with Gasteiger partial charge in [-0.25, -0.2) is 4.79 Å². The fourth-order valence-electron chi connectivity index (χ4n) is 3.36. The van der Waals surface area contributed by atoms with Gasteiger partial charge in [-0.3, -0.25) is 4.48 Å². The van der Waals surface area contributed by atoms with E-state index in [9.17, 15) is 14.7 Å². The summed E-state index contributed by atoms with van der Waals surface area (Å²) in [4.78, 5) is 22.7. The Morgan fingerprint density at radius 1 is 0.654 bits per heavy atom. The molecule has 0 spiro atoms. The lowest BCUT2D eigenvalue weighted by atomic mass is 10.0. The van der Waals surface area contributed by atoms with Crippen LogP contribution in [-0.4, -0.2) is 37.0 Å². The number of carbonyl (C=O) groups is 2. The third kappa shape index (κ3) is 15.4. The SMILES string of the molecule is CCCCCCCCCCCCCCCCCC(=O)[N+](C)(C)CC(=O)[O-]. The molecule has 0 aromatic heterocycles. The Kier molecular flexibility index (Phi) is 15.7. The smallest absolute Gasteiger partial charge is 0.313 e. The molecule has 0 aliphatic heterocycles. The second-order valence-corrected chi connectivity index (χ2v) is 8.31. The molecule has 0 aliphatic rings. The van der Waals surface area contributed by atoms with Gasteiger partial charge in [0.25, 0.3) is 0 Å². The number of nitrogens with zero attached hydrogens (tertiary/aromatic N) is 1. The molecule has 154 valence electrons. The number of carboxylic acids is 1. The third-order valence-electron chi connectivity index (χ3n) is 5.19. The van der Waals surface area contributed by atoms with E-state index >= 15 is 0 Å². The van der Waals surface area contributed by atoms with Crippen molar-refractivity contribution in [2.45, 2.75) is 110 Å². The first-order valence-corrected chi connectivity index (χ1v) is 11.0. The lowest BCUT2D eigenvalue weighted by Gasteiger charge is -2.27. The third-order valence-corrected chi connectivity index (χ3v) is 5.19. The number of aliphatic carboxylic acids is 1. The number of hydrogen-bond donors (Lipinski definition) is 0. The number of quaternary nitrogens is 1. The molecule has 4 heteroatoms. The van der Waals surface area contributed by atoms with Crippen molar-refractivity contribution >= 4 is 11.9 Å². The molecule has 0 aromatic carbocycles. The lowest BCUT2D eigenvalue weighted by molar-refractivity contribution is -0.808. The molecule has 0 unspecified atom stereocenters. The number of hydrogen-bond acceptors (Lipinski definition) is 3. The average Bonchev–Trinajstić information content (AvgIpc) is 2.57. The molecule has 0 saturated heterocycles. The van der Waals surface area contributed by atoms with Gasteiger partial charge in [0.2, 0.25) is 0 Å². The van der Waals surface area contributed by atoms with Crippen molar-refractivity contribution in [3.63, 3.8) is 0 Å². The first-order valence-electron chi connectivity index (χ1n) is 11.0. The molecule has 0 N–H and O–H groups in total. The summed E-state index contributed by atoms with van der Waals surface area (Å²) in [6.07, 6.45) is 20.0. The summed E-state index contributed by atoms with van der Waals surface area (Å²) < 4.78 is -0.110. The topological polar surface area (TPSA) is 57.2 Å². The van der Waals surface area contributed by atoms with E-state index in [1.165, 1.54) is 83.5 Å². The maximum atomic E-state index is 12.0. The average molecular weight is 370 g/mol. The zero-order valence-corrected chi connectivity index (χ0v) is 17.7. The number of amides is 1. The molecule has 26 heavy (non-hydrogen) atoms. The molecular formula is C22H43NO3. The van der Waals surface area contributed by atoms with Crippen molar-refractivity contribution in [3.8, 4) is 0 Å². The highest BCUT2D eigenvalue weighted by Gasteiger charge is 2.25. The quantitative estimate of drug-likeness (QED) is 0.262. The molecular weight excluding hydrogens is 326 g/mol. The summed E-state index contributed by atoms with van der Waals surface area (Å²) in [6, 6.07) is 0. The van der Waals surface area contributed by atoms with Crippen LogP contribution in [0.5, 0.6) is 0 Å². The minimum absolute atomic E-state index is 0.0103. The van der Waals surface area contributed by atoms with Crippen molar-refractivity contribution in [3.05, 3.63) is 0 Å². The molecule has 0 radical (unpaired) electrons. The van der Waals surface area contributed by atoms with E-state index in [0.717, 1.165) is 12.8 Å². The second kappa shape index (κ2) is 16.3. The van der Waals surface area contributed by atoms with Crippen molar-refractivity contribution in [2.24, 2.45) is 0 Å². The maximum absolute atomic E-state index is 12.0. The van der Waals surface area contributed by atoms with Crippen LogP contribution < -0.4 is 5.11 Å². The minimum atomic E-state index is -1.17. The van der Waals surface area contributed by atoms with Gasteiger partial charge in [0.15, 0.2) is 0 Å². The Morgan fingerprint density at radius 2 is 1.00 bits per heavy atom. The lowest BCUT2D eigenvalue weighted by Crippen LogP contribution is -2.52. The number of likely N-dealkylation sites (N-methyl/N-ethyl adjacent to an activating group) is 1. The molecule has 0 saturated carbocycles. The van der Waals surface area contributed by atoms with Gasteiger partial charge in [-0.2, -0.15) is 0 Å². The summed E-state index contributed by atoms with van der Waals surface area (Å²) in [6.45, 7) is 2.03. The highest BCUT2D eigenvalue weighted by molar-refractivity contribution is 5.73. The molecule has 0 rings (SSSR count). The predicted octanol–water partition coefficient (Wildman–Crippen LogP) is 4.60. The van der Waals surface area contributed by atoms with E-state index in [2.05, 4.69) is 6.92 Å². The highest BCUT2D eigenvalue weighted by Crippen LogP contribution is 2.14. The molecule has 0 fully saturated rings. The Hall–Kier alpha value is -0.900. The van der Waals surface area contributed by atoms with Crippen LogP contribution in [0.25, 0.3) is 0 Å². The summed E-state index contributed by atoms with van der Waals surface area (Å²) >= 11 is 0. The van der Waals surface area contributed by atoms with E-state index in [-0.39, 0.29) is 16.9 Å². The van der Waals surface area contributed by atoms with Crippen LogP contribution in [0.1, 0.15) is 110 Å². The summed E-state index contributed by atoms with van der Waals surface area (Å²) in [5.41, 5.74) is 0. The fraction of sp³-hybridized carbons (Fsp3) is 0.909. The fourth-order valence-corrected chi connectivity index (χ4v) is 3.36. The standard InChI is InChI=1S/C22H43NO3/c1-4-5-6-7-8-9-10-11-12-13-14-15-16-17-18-19-21(24)23(2,3)20-22(25)26/h4-20H2,1-3H3. The van der Waals surface area contributed by atoms with E-state index < -0.39 is 5.97 Å². The van der Waals surface area contributed by atoms with Gasteiger partial charge in [-0.05, 0) is 6.42 Å². The number of rotatable bonds is 18. The Labute approximate surface area is 161 Å². The van der Waals surface area contributed by atoms with Crippen LogP contribution >= 0.6 is 0 Å². The zero-order chi connectivity index (χ0) is 19.7. The molecule has 0 aromatic rings. The number of carboxylic acid groups (broad SMARTS) is 1. The molecule has 0 heterocycles. The summed E-state index contributed by atoms with van der Waals surface area (Å²) in [5, 5.41) is 10.7. The van der Waals surface area contributed by atoms with Crippen LogP contribution in [-0.2, 0) is 9.59 Å². The van der Waals surface area contributed by atoms with Crippen LogP contribution in [0.15, 0.2) is 0 Å². The van der Waals surface area contributed by atoms with Crippen LogP contribution in [0, 0.1) is 0 Å². The molecule has 0 bridgehead atoms. The van der Waals surface area contributed by atoms with Gasteiger partial charge in [0.05, 0.1) is 26.5 Å². The normalized spacial score (nSPS) is 11.7. The first kappa shape index (κ1) is 25.1. The summed E-state index contributed by atoms with van der Waals surface area (Å²) in [7, 11) is 3.28. The molecule has 0 atom stereocenters. The van der Waals surface area contributed by atoms with Gasteiger partial charge < -0.3 is 9.90 Å².